The summed E-state index contributed by atoms with van der Waals surface area (Å²) in [5.41, 5.74) is 0.346. The molecule has 1 aliphatic heterocycles. The molecule has 3 nitrogen and oxygen atoms in total. The molecule has 0 aromatic carbocycles. The first-order valence-electron chi connectivity index (χ1n) is 5.90. The molecule has 0 amide bonds. The van der Waals surface area contributed by atoms with Crippen LogP contribution in [0.25, 0.3) is 0 Å². The Bertz CT molecular complexity index is 386. The van der Waals surface area contributed by atoms with Crippen molar-refractivity contribution in [3.8, 4) is 0 Å². The van der Waals surface area contributed by atoms with Crippen molar-refractivity contribution in [1.29, 1.82) is 0 Å². The van der Waals surface area contributed by atoms with Crippen molar-refractivity contribution in [3.05, 3.63) is 17.2 Å². The standard InChI is InChI=1S/C12H19F2N3/c1-11(2,3)10-16-9(12(4,13)14)8-7-15-5-6-17(8)10/h15H,5-7H2,1-4H3. The third-order valence-corrected chi connectivity index (χ3v) is 2.96. The summed E-state index contributed by atoms with van der Waals surface area (Å²) in [4.78, 5) is 4.21. The number of rotatable bonds is 1. The predicted molar refractivity (Wildman–Crippen MR) is 62.2 cm³/mol. The SMILES string of the molecule is CC(C)(C)c1nc(C(C)(F)F)c2n1CCNC2. The van der Waals surface area contributed by atoms with Crippen LogP contribution in [-0.4, -0.2) is 16.1 Å². The molecule has 2 heterocycles. The van der Waals surface area contributed by atoms with Gasteiger partial charge in [-0.3, -0.25) is 0 Å². The largest absolute Gasteiger partial charge is 0.329 e. The third kappa shape index (κ3) is 2.20. The number of fused-ring (bicyclic) bond motifs is 1. The van der Waals surface area contributed by atoms with Gasteiger partial charge >= 0.3 is 0 Å². The van der Waals surface area contributed by atoms with E-state index in [1.807, 2.05) is 25.3 Å². The highest BCUT2D eigenvalue weighted by Crippen LogP contribution is 2.34. The predicted octanol–water partition coefficient (Wildman–Crippen LogP) is 2.40. The molecule has 0 unspecified atom stereocenters. The Morgan fingerprint density at radius 1 is 1.24 bits per heavy atom. The summed E-state index contributed by atoms with van der Waals surface area (Å²) in [6.07, 6.45) is 0. The van der Waals surface area contributed by atoms with Crippen molar-refractivity contribution in [1.82, 2.24) is 14.9 Å². The molecule has 1 aromatic heterocycles. The fourth-order valence-corrected chi connectivity index (χ4v) is 2.23. The van der Waals surface area contributed by atoms with E-state index >= 15 is 0 Å². The molecule has 5 heteroatoms. The lowest BCUT2D eigenvalue weighted by Crippen LogP contribution is -2.32. The molecule has 96 valence electrons. The number of alkyl halides is 2. The average molecular weight is 243 g/mol. The minimum Gasteiger partial charge on any atom is -0.329 e. The number of halogens is 2. The number of hydrogen-bond acceptors (Lipinski definition) is 2. The van der Waals surface area contributed by atoms with E-state index in [4.69, 9.17) is 0 Å². The zero-order valence-electron chi connectivity index (χ0n) is 10.8. The highest BCUT2D eigenvalue weighted by atomic mass is 19.3. The van der Waals surface area contributed by atoms with Gasteiger partial charge in [-0.15, -0.1) is 0 Å². The lowest BCUT2D eigenvalue weighted by molar-refractivity contribution is 0.0116. The first-order chi connectivity index (χ1) is 7.71. The smallest absolute Gasteiger partial charge is 0.288 e. The Morgan fingerprint density at radius 2 is 1.88 bits per heavy atom. The van der Waals surface area contributed by atoms with E-state index in [2.05, 4.69) is 10.3 Å². The maximum Gasteiger partial charge on any atom is 0.288 e. The Morgan fingerprint density at radius 3 is 2.41 bits per heavy atom. The highest BCUT2D eigenvalue weighted by Gasteiger charge is 2.36. The maximum absolute atomic E-state index is 13.5. The molecular weight excluding hydrogens is 224 g/mol. The van der Waals surface area contributed by atoms with Gasteiger partial charge in [0.1, 0.15) is 11.5 Å². The zero-order valence-corrected chi connectivity index (χ0v) is 10.8. The van der Waals surface area contributed by atoms with E-state index in [0.29, 0.717) is 18.8 Å². The Labute approximate surface area is 100 Å². The molecule has 0 aliphatic carbocycles. The van der Waals surface area contributed by atoms with Crippen molar-refractivity contribution in [2.24, 2.45) is 0 Å². The van der Waals surface area contributed by atoms with Gasteiger partial charge in [-0.2, -0.15) is 8.78 Å². The highest BCUT2D eigenvalue weighted by molar-refractivity contribution is 5.25. The fraction of sp³-hybridized carbons (Fsp3) is 0.750. The van der Waals surface area contributed by atoms with E-state index < -0.39 is 5.92 Å². The molecule has 0 fully saturated rings. The van der Waals surface area contributed by atoms with Gasteiger partial charge in [0, 0.05) is 32.0 Å². The minimum absolute atomic E-state index is 0.0744. The minimum atomic E-state index is -2.88. The van der Waals surface area contributed by atoms with Crippen LogP contribution in [0.2, 0.25) is 0 Å². The maximum atomic E-state index is 13.5. The summed E-state index contributed by atoms with van der Waals surface area (Å²) in [6, 6.07) is 0. The van der Waals surface area contributed by atoms with Gasteiger partial charge in [-0.05, 0) is 0 Å². The molecule has 0 atom stereocenters. The number of nitrogens with zero attached hydrogens (tertiary/aromatic N) is 2. The van der Waals surface area contributed by atoms with Crippen molar-refractivity contribution < 1.29 is 8.78 Å². The van der Waals surface area contributed by atoms with Crippen molar-refractivity contribution >= 4 is 0 Å². The molecule has 0 bridgehead atoms. The first-order valence-corrected chi connectivity index (χ1v) is 5.90. The van der Waals surface area contributed by atoms with Crippen molar-refractivity contribution in [2.75, 3.05) is 6.54 Å². The van der Waals surface area contributed by atoms with Crippen LogP contribution < -0.4 is 5.32 Å². The van der Waals surface area contributed by atoms with Crippen LogP contribution in [0.3, 0.4) is 0 Å². The summed E-state index contributed by atoms with van der Waals surface area (Å²) >= 11 is 0. The fourth-order valence-electron chi connectivity index (χ4n) is 2.23. The Kier molecular flexibility index (Phi) is 2.77. The van der Waals surface area contributed by atoms with Gasteiger partial charge in [0.15, 0.2) is 0 Å². The Hall–Kier alpha value is -0.970. The van der Waals surface area contributed by atoms with Gasteiger partial charge in [-0.1, -0.05) is 20.8 Å². The zero-order chi connectivity index (χ0) is 12.8. The van der Waals surface area contributed by atoms with Crippen LogP contribution in [0.5, 0.6) is 0 Å². The normalized spacial score (nSPS) is 17.1. The summed E-state index contributed by atoms with van der Waals surface area (Å²) in [5, 5.41) is 3.12. The van der Waals surface area contributed by atoms with Gasteiger partial charge < -0.3 is 9.88 Å². The van der Waals surface area contributed by atoms with Crippen LogP contribution in [0, 0.1) is 0 Å². The number of nitrogens with one attached hydrogen (secondary N) is 1. The second-order valence-electron chi connectivity index (χ2n) is 5.70. The van der Waals surface area contributed by atoms with E-state index in [1.54, 1.807) is 0 Å². The van der Waals surface area contributed by atoms with Crippen LogP contribution in [0.15, 0.2) is 0 Å². The van der Waals surface area contributed by atoms with E-state index in [1.165, 1.54) is 0 Å². The molecule has 0 saturated heterocycles. The van der Waals surface area contributed by atoms with Gasteiger partial charge in [-0.25, -0.2) is 4.98 Å². The van der Waals surface area contributed by atoms with Crippen LogP contribution >= 0.6 is 0 Å². The molecule has 17 heavy (non-hydrogen) atoms. The number of imidazole rings is 1. The number of hydrogen-bond donors (Lipinski definition) is 1. The van der Waals surface area contributed by atoms with Crippen LogP contribution in [-0.2, 0) is 24.4 Å². The van der Waals surface area contributed by atoms with E-state index in [0.717, 1.165) is 19.3 Å². The summed E-state index contributed by atoms with van der Waals surface area (Å²) in [6.45, 7) is 8.91. The second kappa shape index (κ2) is 3.77. The first kappa shape index (κ1) is 12.5. The van der Waals surface area contributed by atoms with Crippen LogP contribution in [0.1, 0.15) is 44.9 Å². The topological polar surface area (TPSA) is 29.9 Å². The quantitative estimate of drug-likeness (QED) is 0.820. The van der Waals surface area contributed by atoms with Crippen molar-refractivity contribution in [3.63, 3.8) is 0 Å². The van der Waals surface area contributed by atoms with Crippen LogP contribution in [0.4, 0.5) is 8.78 Å². The van der Waals surface area contributed by atoms with E-state index in [9.17, 15) is 8.78 Å². The molecule has 1 aromatic rings. The van der Waals surface area contributed by atoms with Gasteiger partial charge in [0.05, 0.1) is 5.69 Å². The average Bonchev–Trinajstić information content (AvgIpc) is 2.55. The molecule has 2 rings (SSSR count). The second-order valence-corrected chi connectivity index (χ2v) is 5.70. The molecule has 0 spiro atoms. The third-order valence-electron chi connectivity index (χ3n) is 2.96. The number of aromatic nitrogens is 2. The van der Waals surface area contributed by atoms with Gasteiger partial charge in [0.2, 0.25) is 0 Å². The monoisotopic (exact) mass is 243 g/mol. The lowest BCUT2D eigenvalue weighted by Gasteiger charge is -2.24. The molecular formula is C12H19F2N3. The lowest BCUT2D eigenvalue weighted by atomic mass is 9.95. The summed E-state index contributed by atoms with van der Waals surface area (Å²) in [5.74, 6) is -2.12. The van der Waals surface area contributed by atoms with Crippen molar-refractivity contribution in [2.45, 2.75) is 52.1 Å². The van der Waals surface area contributed by atoms with Gasteiger partial charge in [0.25, 0.3) is 5.92 Å². The molecule has 1 N–H and O–H groups in total. The summed E-state index contributed by atoms with van der Waals surface area (Å²) in [7, 11) is 0. The molecule has 1 aliphatic rings. The van der Waals surface area contributed by atoms with E-state index in [-0.39, 0.29) is 11.1 Å². The molecule has 0 saturated carbocycles. The Balaban J connectivity index is 2.60. The molecule has 0 radical (unpaired) electrons. The summed E-state index contributed by atoms with van der Waals surface area (Å²) < 4.78 is 29.0.